The number of carbonyl (C=O) groups excluding carboxylic acids is 3. The summed E-state index contributed by atoms with van der Waals surface area (Å²) in [6.07, 6.45) is 6.74. The normalized spacial score (nSPS) is 44.0. The minimum absolute atomic E-state index is 0.0115. The zero-order valence-electron chi connectivity index (χ0n) is 18.6. The third kappa shape index (κ3) is 3.14. The molecule has 0 aliphatic heterocycles. The fraction of sp³-hybridized carbons (Fsp3) is 0.875. The molecule has 0 spiro atoms. The fourth-order valence-corrected chi connectivity index (χ4v) is 8.12. The van der Waals surface area contributed by atoms with E-state index in [0.29, 0.717) is 55.6 Å². The van der Waals surface area contributed by atoms with Crippen LogP contribution in [-0.4, -0.2) is 23.9 Å². The molecule has 0 bridgehead atoms. The van der Waals surface area contributed by atoms with Crippen LogP contribution in [-0.2, 0) is 14.4 Å². The molecule has 8 atom stereocenters. The molecule has 6 nitrogen and oxygen atoms in total. The summed E-state index contributed by atoms with van der Waals surface area (Å²) in [5.41, 5.74) is 8.02. The first-order chi connectivity index (χ1) is 14.2. The lowest BCUT2D eigenvalue weighted by molar-refractivity contribution is -0.166. The van der Waals surface area contributed by atoms with Gasteiger partial charge in [-0.25, -0.2) is 0 Å². The SMILES string of the molecule is C[C@H](CCCN=[N+]=[N-])[C@H]1CC[C@H]2[C@@H]3C(=O)CC4CC(=O)CC[C@]4(C)[C@H]3CC(=O)[C@]12C. The minimum atomic E-state index is -0.414. The van der Waals surface area contributed by atoms with Crippen molar-refractivity contribution in [3.05, 3.63) is 10.4 Å². The van der Waals surface area contributed by atoms with Crippen molar-refractivity contribution < 1.29 is 14.4 Å². The number of carbonyl (C=O) groups is 3. The van der Waals surface area contributed by atoms with Crippen molar-refractivity contribution in [2.45, 2.75) is 78.6 Å². The molecule has 30 heavy (non-hydrogen) atoms. The topological polar surface area (TPSA) is 100.0 Å². The fourth-order valence-electron chi connectivity index (χ4n) is 8.12. The Balaban J connectivity index is 1.59. The van der Waals surface area contributed by atoms with Crippen molar-refractivity contribution in [3.63, 3.8) is 0 Å². The van der Waals surface area contributed by atoms with E-state index in [9.17, 15) is 14.4 Å². The monoisotopic (exact) mass is 413 g/mol. The largest absolute Gasteiger partial charge is 0.300 e. The Labute approximate surface area is 179 Å². The maximum atomic E-state index is 13.7. The summed E-state index contributed by atoms with van der Waals surface area (Å²) in [6, 6.07) is 0. The molecule has 1 unspecified atom stereocenters. The first-order valence-corrected chi connectivity index (χ1v) is 11.8. The highest BCUT2D eigenvalue weighted by Gasteiger charge is 2.66. The second-order valence-corrected chi connectivity index (χ2v) is 11.0. The number of nitrogens with zero attached hydrogens (tertiary/aromatic N) is 3. The van der Waals surface area contributed by atoms with E-state index in [0.717, 1.165) is 32.1 Å². The van der Waals surface area contributed by atoms with Crippen LogP contribution in [0.15, 0.2) is 5.11 Å². The summed E-state index contributed by atoms with van der Waals surface area (Å²) in [6.45, 7) is 7.13. The molecule has 4 rings (SSSR count). The molecule has 4 fully saturated rings. The summed E-state index contributed by atoms with van der Waals surface area (Å²) in [7, 11) is 0. The van der Waals surface area contributed by atoms with Crippen molar-refractivity contribution in [1.82, 2.24) is 0 Å². The lowest BCUT2D eigenvalue weighted by Crippen LogP contribution is -2.60. The van der Waals surface area contributed by atoms with Crippen molar-refractivity contribution in [2.75, 3.05) is 6.54 Å². The van der Waals surface area contributed by atoms with Gasteiger partial charge in [-0.1, -0.05) is 32.3 Å². The second-order valence-electron chi connectivity index (χ2n) is 11.0. The zero-order valence-corrected chi connectivity index (χ0v) is 18.6. The number of Topliss-reactive ketones (excluding diaryl/α,β-unsaturated/α-hetero) is 3. The van der Waals surface area contributed by atoms with E-state index in [4.69, 9.17) is 5.53 Å². The van der Waals surface area contributed by atoms with Crippen LogP contribution in [0.25, 0.3) is 10.4 Å². The smallest absolute Gasteiger partial charge is 0.139 e. The van der Waals surface area contributed by atoms with E-state index in [-0.39, 0.29) is 34.9 Å². The molecule has 0 N–H and O–H groups in total. The van der Waals surface area contributed by atoms with Crippen LogP contribution in [0.5, 0.6) is 0 Å². The third-order valence-electron chi connectivity index (χ3n) is 9.89. The summed E-state index contributed by atoms with van der Waals surface area (Å²) >= 11 is 0. The van der Waals surface area contributed by atoms with E-state index in [1.165, 1.54) is 0 Å². The van der Waals surface area contributed by atoms with Crippen molar-refractivity contribution >= 4 is 17.3 Å². The average molecular weight is 414 g/mol. The quantitative estimate of drug-likeness (QED) is 0.264. The van der Waals surface area contributed by atoms with Crippen LogP contribution in [0, 0.1) is 46.3 Å². The van der Waals surface area contributed by atoms with Gasteiger partial charge in [0.1, 0.15) is 17.3 Å². The van der Waals surface area contributed by atoms with Gasteiger partial charge in [0, 0.05) is 48.5 Å². The van der Waals surface area contributed by atoms with E-state index >= 15 is 0 Å². The lowest BCUT2D eigenvalue weighted by atomic mass is 9.44. The molecular formula is C24H35N3O3. The molecule has 0 heterocycles. The maximum Gasteiger partial charge on any atom is 0.139 e. The predicted octanol–water partition coefficient (Wildman–Crippen LogP) is 5.30. The van der Waals surface area contributed by atoms with Gasteiger partial charge in [-0.2, -0.15) is 0 Å². The highest BCUT2D eigenvalue weighted by Crippen LogP contribution is 2.66. The Hall–Kier alpha value is -1.68. The molecule has 0 aromatic rings. The van der Waals surface area contributed by atoms with Crippen LogP contribution in [0.4, 0.5) is 0 Å². The number of hydrogen-bond donors (Lipinski definition) is 0. The van der Waals surface area contributed by atoms with Crippen LogP contribution < -0.4 is 0 Å². The van der Waals surface area contributed by atoms with Crippen molar-refractivity contribution in [2.24, 2.45) is 51.5 Å². The molecular weight excluding hydrogens is 378 g/mol. The maximum absolute atomic E-state index is 13.7. The van der Waals surface area contributed by atoms with Crippen LogP contribution in [0.1, 0.15) is 78.6 Å². The van der Waals surface area contributed by atoms with Crippen molar-refractivity contribution in [3.8, 4) is 0 Å². The predicted molar refractivity (Wildman–Crippen MR) is 113 cm³/mol. The van der Waals surface area contributed by atoms with Gasteiger partial charge in [-0.15, -0.1) is 0 Å². The number of rotatable bonds is 5. The molecule has 6 heteroatoms. The van der Waals surface area contributed by atoms with Gasteiger partial charge < -0.3 is 0 Å². The summed E-state index contributed by atoms with van der Waals surface area (Å²) in [5, 5.41) is 3.64. The standard InChI is InChI=1S/C24H35N3O3/c1-14(5-4-10-26-27-25)17-6-7-18-22-19(13-21(30)24(17,18)3)23(2)9-8-16(28)11-15(23)12-20(22)29/h14-15,17-19,22H,4-13H2,1-3H3/t14-,15?,17-,18+,19+,22+,23+,24-/m1/s1. The molecule has 0 saturated heterocycles. The van der Waals surface area contributed by atoms with Gasteiger partial charge in [0.2, 0.25) is 0 Å². The Morgan fingerprint density at radius 3 is 2.63 bits per heavy atom. The Morgan fingerprint density at radius 1 is 1.13 bits per heavy atom. The van der Waals surface area contributed by atoms with Gasteiger partial charge in [0.15, 0.2) is 0 Å². The number of azide groups is 1. The number of fused-ring (bicyclic) bond motifs is 5. The van der Waals surface area contributed by atoms with Crippen LogP contribution >= 0.6 is 0 Å². The first kappa shape index (κ1) is 21.5. The second kappa shape index (κ2) is 7.78. The van der Waals surface area contributed by atoms with Crippen molar-refractivity contribution in [1.29, 1.82) is 0 Å². The Morgan fingerprint density at radius 2 is 1.90 bits per heavy atom. The van der Waals surface area contributed by atoms with E-state index in [2.05, 4.69) is 30.8 Å². The third-order valence-corrected chi connectivity index (χ3v) is 9.89. The minimum Gasteiger partial charge on any atom is -0.300 e. The molecule has 0 aromatic carbocycles. The Bertz CT molecular complexity index is 804. The highest BCUT2D eigenvalue weighted by molar-refractivity contribution is 5.93. The van der Waals surface area contributed by atoms with E-state index in [1.54, 1.807) is 0 Å². The molecule has 4 aliphatic carbocycles. The molecule has 0 aromatic heterocycles. The highest BCUT2D eigenvalue weighted by atomic mass is 16.1. The first-order valence-electron chi connectivity index (χ1n) is 11.8. The number of hydrogen-bond acceptors (Lipinski definition) is 4. The van der Waals surface area contributed by atoms with E-state index in [1.807, 2.05) is 0 Å². The lowest BCUT2D eigenvalue weighted by Gasteiger charge is -2.58. The van der Waals surface area contributed by atoms with Gasteiger partial charge in [-0.3, -0.25) is 14.4 Å². The summed E-state index contributed by atoms with van der Waals surface area (Å²) in [4.78, 5) is 42.0. The van der Waals surface area contributed by atoms with E-state index < -0.39 is 5.41 Å². The molecule has 4 saturated carbocycles. The van der Waals surface area contributed by atoms with Gasteiger partial charge in [-0.05, 0) is 66.2 Å². The van der Waals surface area contributed by atoms with Gasteiger partial charge >= 0.3 is 0 Å². The Kier molecular flexibility index (Phi) is 5.59. The van der Waals surface area contributed by atoms with Crippen LogP contribution in [0.2, 0.25) is 0 Å². The molecule has 164 valence electrons. The molecule has 0 amide bonds. The van der Waals surface area contributed by atoms with Gasteiger partial charge in [0.05, 0.1) is 0 Å². The van der Waals surface area contributed by atoms with Gasteiger partial charge in [0.25, 0.3) is 0 Å². The van der Waals surface area contributed by atoms with Crippen LogP contribution in [0.3, 0.4) is 0 Å². The molecule has 0 radical (unpaired) electrons. The summed E-state index contributed by atoms with van der Waals surface area (Å²) < 4.78 is 0. The number of ketones is 3. The average Bonchev–Trinajstić information content (AvgIpc) is 3.06. The zero-order chi connectivity index (χ0) is 21.7. The molecule has 4 aliphatic rings. The summed E-state index contributed by atoms with van der Waals surface area (Å²) in [5.74, 6) is 2.01.